The summed E-state index contributed by atoms with van der Waals surface area (Å²) in [6, 6.07) is 12.4. The number of thioether (sulfide) groups is 1. The predicted octanol–water partition coefficient (Wildman–Crippen LogP) is 6.15. The van der Waals surface area contributed by atoms with Crippen molar-refractivity contribution in [2.45, 2.75) is 19.6 Å². The van der Waals surface area contributed by atoms with Crippen molar-refractivity contribution >= 4 is 40.7 Å². The lowest BCUT2D eigenvalue weighted by atomic mass is 9.91. The van der Waals surface area contributed by atoms with Gasteiger partial charge in [-0.1, -0.05) is 48.3 Å². The maximum atomic E-state index is 13.4. The van der Waals surface area contributed by atoms with Gasteiger partial charge in [-0.05, 0) is 47.6 Å². The molecule has 1 aromatic heterocycles. The number of pyridine rings is 1. The fourth-order valence-electron chi connectivity index (χ4n) is 3.18. The Morgan fingerprint density at radius 2 is 1.76 bits per heavy atom. The van der Waals surface area contributed by atoms with E-state index in [4.69, 9.17) is 23.2 Å². The number of halogens is 2. The number of hydrogen-bond acceptors (Lipinski definition) is 3. The van der Waals surface area contributed by atoms with Crippen LogP contribution < -0.4 is 5.56 Å². The van der Waals surface area contributed by atoms with Crippen LogP contribution in [0.3, 0.4) is 0 Å². The van der Waals surface area contributed by atoms with Crippen molar-refractivity contribution in [1.29, 1.82) is 0 Å². The first kappa shape index (κ1) is 21.7. The van der Waals surface area contributed by atoms with E-state index in [1.54, 1.807) is 37.5 Å². The van der Waals surface area contributed by atoms with Crippen molar-refractivity contribution in [2.75, 3.05) is 5.75 Å². The third-order valence-corrected chi connectivity index (χ3v) is 6.29. The van der Waals surface area contributed by atoms with Crippen LogP contribution in [0.4, 0.5) is 0 Å². The second kappa shape index (κ2) is 9.21. The monoisotopic (exact) mass is 445 g/mol. The molecule has 3 aromatic rings. The second-order valence-corrected chi connectivity index (χ2v) is 8.85. The Balaban J connectivity index is 2.24. The van der Waals surface area contributed by atoms with Crippen molar-refractivity contribution in [3.05, 3.63) is 91.3 Å². The van der Waals surface area contributed by atoms with Gasteiger partial charge in [-0.3, -0.25) is 9.59 Å². The molecule has 0 N–H and O–H groups in total. The molecule has 0 saturated heterocycles. The van der Waals surface area contributed by atoms with Crippen molar-refractivity contribution in [2.24, 2.45) is 7.05 Å². The molecule has 0 aliphatic rings. The zero-order valence-corrected chi connectivity index (χ0v) is 18.8. The van der Waals surface area contributed by atoms with Crippen molar-refractivity contribution in [3.63, 3.8) is 0 Å². The Kier molecular flexibility index (Phi) is 6.89. The molecule has 3 rings (SSSR count). The first-order valence-corrected chi connectivity index (χ1v) is 11.1. The molecule has 6 heteroatoms. The Morgan fingerprint density at radius 1 is 1.07 bits per heavy atom. The van der Waals surface area contributed by atoms with Crippen LogP contribution in [0.5, 0.6) is 0 Å². The minimum atomic E-state index is -0.237. The van der Waals surface area contributed by atoms with Crippen LogP contribution >= 0.6 is 35.0 Å². The number of nitrogens with zero attached hydrogens (tertiary/aromatic N) is 1. The first-order valence-electron chi connectivity index (χ1n) is 9.20. The number of hydrogen-bond donors (Lipinski definition) is 0. The van der Waals surface area contributed by atoms with Crippen LogP contribution in [-0.4, -0.2) is 16.1 Å². The molecule has 29 heavy (non-hydrogen) atoms. The van der Waals surface area contributed by atoms with Gasteiger partial charge >= 0.3 is 0 Å². The van der Waals surface area contributed by atoms with Gasteiger partial charge in [0.25, 0.3) is 5.56 Å². The zero-order chi connectivity index (χ0) is 21.1. The Bertz CT molecular complexity index is 1120. The highest BCUT2D eigenvalue weighted by Gasteiger charge is 2.21. The minimum absolute atomic E-state index is 0.0917. The van der Waals surface area contributed by atoms with Gasteiger partial charge in [-0.15, -0.1) is 0 Å². The van der Waals surface area contributed by atoms with Crippen LogP contribution in [0.2, 0.25) is 10.0 Å². The summed E-state index contributed by atoms with van der Waals surface area (Å²) in [6.45, 7) is 3.99. The summed E-state index contributed by atoms with van der Waals surface area (Å²) in [5.74, 6) is 1.61. The molecule has 0 radical (unpaired) electrons. The van der Waals surface area contributed by atoms with Crippen molar-refractivity contribution < 1.29 is 4.79 Å². The van der Waals surface area contributed by atoms with Crippen LogP contribution in [0.1, 0.15) is 34.0 Å². The summed E-state index contributed by atoms with van der Waals surface area (Å²) in [5, 5.41) is 0.632. The SMILES string of the molecule is CCSCc1ccc(C(=O)c2c(Cl)cccc2Cl)c(-c2cn(C)c(=O)cc2C)c1. The number of aromatic nitrogens is 1. The van der Waals surface area contributed by atoms with E-state index in [0.717, 1.165) is 33.8 Å². The molecule has 1 heterocycles. The maximum absolute atomic E-state index is 13.4. The van der Waals surface area contributed by atoms with E-state index in [1.165, 1.54) is 4.57 Å². The molecule has 0 atom stereocenters. The van der Waals surface area contributed by atoms with Gasteiger partial charge in [0.2, 0.25) is 0 Å². The number of benzene rings is 2. The maximum Gasteiger partial charge on any atom is 0.250 e. The molecule has 0 saturated carbocycles. The molecule has 2 aromatic carbocycles. The van der Waals surface area contributed by atoms with Crippen molar-refractivity contribution in [1.82, 2.24) is 4.57 Å². The smallest absolute Gasteiger partial charge is 0.250 e. The van der Waals surface area contributed by atoms with E-state index in [0.29, 0.717) is 15.6 Å². The number of rotatable bonds is 6. The van der Waals surface area contributed by atoms with Gasteiger partial charge in [0.1, 0.15) is 0 Å². The third-order valence-electron chi connectivity index (χ3n) is 4.72. The van der Waals surface area contributed by atoms with Gasteiger partial charge in [0.05, 0.1) is 15.6 Å². The van der Waals surface area contributed by atoms with Gasteiger partial charge in [-0.2, -0.15) is 11.8 Å². The number of carbonyl (C=O) groups excluding carboxylic acids is 1. The van der Waals surface area contributed by atoms with Gasteiger partial charge < -0.3 is 4.57 Å². The number of carbonyl (C=O) groups is 1. The molecule has 150 valence electrons. The quantitative estimate of drug-likeness (QED) is 0.426. The van der Waals surface area contributed by atoms with Gasteiger partial charge in [-0.25, -0.2) is 0 Å². The highest BCUT2D eigenvalue weighted by atomic mass is 35.5. The highest BCUT2D eigenvalue weighted by Crippen LogP contribution is 2.33. The van der Waals surface area contributed by atoms with E-state index >= 15 is 0 Å². The summed E-state index contributed by atoms with van der Waals surface area (Å²) in [5.41, 5.74) is 4.23. The fourth-order valence-corrected chi connectivity index (χ4v) is 4.37. The third kappa shape index (κ3) is 4.61. The standard InChI is InChI=1S/C23H21Cl2NO2S/c1-4-29-13-15-8-9-16(23(28)22-19(24)6-5-7-20(22)25)17(11-15)18-12-26(3)21(27)10-14(18)2/h5-12H,4,13H2,1-3H3. The van der Waals surface area contributed by atoms with Crippen LogP contribution in [-0.2, 0) is 12.8 Å². The normalized spacial score (nSPS) is 10.9. The molecule has 0 unspecified atom stereocenters. The summed E-state index contributed by atoms with van der Waals surface area (Å²) in [7, 11) is 1.70. The molecule has 0 aliphatic heterocycles. The van der Waals surface area contributed by atoms with Crippen molar-refractivity contribution in [3.8, 4) is 11.1 Å². The van der Waals surface area contributed by atoms with Crippen LogP contribution in [0, 0.1) is 6.92 Å². The summed E-state index contributed by atoms with van der Waals surface area (Å²) in [4.78, 5) is 25.4. The highest BCUT2D eigenvalue weighted by molar-refractivity contribution is 7.98. The molecule has 3 nitrogen and oxygen atoms in total. The number of aryl methyl sites for hydroxylation is 2. The summed E-state index contributed by atoms with van der Waals surface area (Å²) >= 11 is 14.4. The Labute approximate surface area is 184 Å². The average molecular weight is 446 g/mol. The fraction of sp³-hybridized carbons (Fsp3) is 0.217. The van der Waals surface area contributed by atoms with E-state index < -0.39 is 0 Å². The van der Waals surface area contributed by atoms with E-state index in [2.05, 4.69) is 6.92 Å². The average Bonchev–Trinajstić information content (AvgIpc) is 2.68. The molecule has 0 fully saturated rings. The Hall–Kier alpha value is -2.01. The predicted molar refractivity (Wildman–Crippen MR) is 124 cm³/mol. The lowest BCUT2D eigenvalue weighted by Gasteiger charge is -2.15. The van der Waals surface area contributed by atoms with Gasteiger partial charge in [0.15, 0.2) is 5.78 Å². The minimum Gasteiger partial charge on any atom is -0.318 e. The molecular weight excluding hydrogens is 425 g/mol. The molecule has 0 aliphatic carbocycles. The van der Waals surface area contributed by atoms with E-state index in [1.807, 2.05) is 36.9 Å². The Morgan fingerprint density at radius 3 is 2.41 bits per heavy atom. The first-order chi connectivity index (χ1) is 13.8. The van der Waals surface area contributed by atoms with E-state index in [9.17, 15) is 9.59 Å². The largest absolute Gasteiger partial charge is 0.318 e. The molecule has 0 amide bonds. The lowest BCUT2D eigenvalue weighted by Crippen LogP contribution is -2.16. The van der Waals surface area contributed by atoms with Gasteiger partial charge in [0, 0.05) is 36.2 Å². The summed E-state index contributed by atoms with van der Waals surface area (Å²) in [6.07, 6.45) is 1.77. The zero-order valence-electron chi connectivity index (χ0n) is 16.5. The summed E-state index contributed by atoms with van der Waals surface area (Å²) < 4.78 is 1.52. The van der Waals surface area contributed by atoms with E-state index in [-0.39, 0.29) is 16.9 Å². The molecule has 0 bridgehead atoms. The topological polar surface area (TPSA) is 39.1 Å². The molecular formula is C23H21Cl2NO2S. The number of ketones is 1. The van der Waals surface area contributed by atoms with Crippen LogP contribution in [0.25, 0.3) is 11.1 Å². The van der Waals surface area contributed by atoms with Crippen LogP contribution in [0.15, 0.2) is 53.5 Å². The second-order valence-electron chi connectivity index (χ2n) is 6.76. The lowest BCUT2D eigenvalue weighted by molar-refractivity contribution is 0.103. The molecule has 0 spiro atoms.